The van der Waals surface area contributed by atoms with Crippen molar-refractivity contribution < 1.29 is 9.90 Å². The Hall–Kier alpha value is -1.81. The van der Waals surface area contributed by atoms with E-state index in [9.17, 15) is 9.90 Å². The number of nitrogens with two attached hydrogens (primary N) is 1. The molecule has 0 bridgehead atoms. The number of hydrogen-bond acceptors (Lipinski definition) is 2. The first-order valence-electron chi connectivity index (χ1n) is 6.68. The summed E-state index contributed by atoms with van der Waals surface area (Å²) in [6.07, 6.45) is 6.68. The van der Waals surface area contributed by atoms with E-state index in [1.165, 1.54) is 4.90 Å². The molecule has 0 radical (unpaired) electrons. The minimum Gasteiger partial charge on any atom is -0.465 e. The molecule has 0 heterocycles. The maximum atomic E-state index is 11.6. The van der Waals surface area contributed by atoms with Crippen LogP contribution < -0.4 is 10.6 Å². The fraction of sp³-hybridized carbons (Fsp3) is 0.400. The van der Waals surface area contributed by atoms with Crippen molar-refractivity contribution >= 4 is 11.8 Å². The molecule has 0 fully saturated rings. The van der Waals surface area contributed by atoms with Gasteiger partial charge in [0.15, 0.2) is 0 Å². The van der Waals surface area contributed by atoms with E-state index < -0.39 is 6.09 Å². The van der Waals surface area contributed by atoms with Crippen LogP contribution in [0.3, 0.4) is 0 Å². The van der Waals surface area contributed by atoms with Gasteiger partial charge in [-0.25, -0.2) is 4.79 Å². The topological polar surface area (TPSA) is 66.6 Å². The fourth-order valence-electron chi connectivity index (χ4n) is 2.55. The van der Waals surface area contributed by atoms with Crippen LogP contribution in [0.4, 0.5) is 10.5 Å². The second-order valence-electron chi connectivity index (χ2n) is 4.85. The number of hydrogen-bond donors (Lipinski definition) is 2. The molecule has 4 nitrogen and oxygen atoms in total. The van der Waals surface area contributed by atoms with Crippen molar-refractivity contribution in [3.8, 4) is 0 Å². The van der Waals surface area contributed by atoms with Crippen LogP contribution in [0, 0.1) is 0 Å². The highest BCUT2D eigenvalue weighted by Crippen LogP contribution is 2.24. The summed E-state index contributed by atoms with van der Waals surface area (Å²) in [4.78, 5) is 13.0. The van der Waals surface area contributed by atoms with E-state index in [1.807, 2.05) is 30.3 Å². The molecule has 2 rings (SSSR count). The standard InChI is InChI=1S/C15H20N2O2/c16-13-10-6-1-2-7-11-14(13)17(15(18)19)12-8-4-3-5-9-12/h1-5,8-9,13-14H,6-7,10-11,16H2,(H,18,19)/t13-,14+/m0/s1. The monoisotopic (exact) mass is 260 g/mol. The van der Waals surface area contributed by atoms with E-state index >= 15 is 0 Å². The Bertz CT molecular complexity index is 445. The Kier molecular flexibility index (Phi) is 4.58. The number of benzene rings is 1. The third-order valence-corrected chi connectivity index (χ3v) is 3.53. The van der Waals surface area contributed by atoms with E-state index in [2.05, 4.69) is 12.2 Å². The fourth-order valence-corrected chi connectivity index (χ4v) is 2.55. The summed E-state index contributed by atoms with van der Waals surface area (Å²) < 4.78 is 0. The largest absolute Gasteiger partial charge is 0.465 e. The molecule has 0 unspecified atom stereocenters. The van der Waals surface area contributed by atoms with Crippen molar-refractivity contribution in [2.24, 2.45) is 5.73 Å². The van der Waals surface area contributed by atoms with Gasteiger partial charge in [0.25, 0.3) is 0 Å². The third kappa shape index (κ3) is 3.35. The van der Waals surface area contributed by atoms with Gasteiger partial charge in [-0.2, -0.15) is 0 Å². The third-order valence-electron chi connectivity index (χ3n) is 3.53. The Balaban J connectivity index is 2.27. The quantitative estimate of drug-likeness (QED) is 0.803. The molecule has 1 aromatic rings. The van der Waals surface area contributed by atoms with Crippen molar-refractivity contribution in [3.63, 3.8) is 0 Å². The molecular formula is C15H20N2O2. The first-order valence-corrected chi connectivity index (χ1v) is 6.68. The lowest BCUT2D eigenvalue weighted by atomic mass is 9.94. The Morgan fingerprint density at radius 3 is 2.42 bits per heavy atom. The molecule has 3 N–H and O–H groups in total. The lowest BCUT2D eigenvalue weighted by Crippen LogP contribution is -2.50. The Morgan fingerprint density at radius 1 is 1.16 bits per heavy atom. The first kappa shape index (κ1) is 13.6. The molecular weight excluding hydrogens is 240 g/mol. The molecule has 0 saturated heterocycles. The lowest BCUT2D eigenvalue weighted by Gasteiger charge is -2.34. The van der Waals surface area contributed by atoms with Crippen LogP contribution in [-0.2, 0) is 0 Å². The van der Waals surface area contributed by atoms with Crippen molar-refractivity contribution in [2.75, 3.05) is 4.90 Å². The van der Waals surface area contributed by atoms with Gasteiger partial charge >= 0.3 is 6.09 Å². The van der Waals surface area contributed by atoms with Gasteiger partial charge in [0.2, 0.25) is 0 Å². The van der Waals surface area contributed by atoms with Crippen LogP contribution in [0.5, 0.6) is 0 Å². The minimum absolute atomic E-state index is 0.124. The number of para-hydroxylation sites is 1. The number of anilines is 1. The van der Waals surface area contributed by atoms with Crippen LogP contribution in [0.25, 0.3) is 0 Å². The smallest absolute Gasteiger partial charge is 0.412 e. The van der Waals surface area contributed by atoms with Gasteiger partial charge < -0.3 is 10.8 Å². The molecule has 0 spiro atoms. The number of rotatable bonds is 2. The van der Waals surface area contributed by atoms with E-state index in [0.717, 1.165) is 25.7 Å². The predicted molar refractivity (Wildman–Crippen MR) is 76.3 cm³/mol. The molecule has 0 saturated carbocycles. The molecule has 4 heteroatoms. The molecule has 1 amide bonds. The molecule has 1 aliphatic carbocycles. The normalized spacial score (nSPS) is 23.4. The SMILES string of the molecule is N[C@H]1CCC=CCC[C@H]1N(C(=O)O)c1ccccc1. The number of allylic oxidation sites excluding steroid dienone is 2. The molecule has 1 aromatic carbocycles. The van der Waals surface area contributed by atoms with Gasteiger partial charge in [0.1, 0.15) is 0 Å². The summed E-state index contributed by atoms with van der Waals surface area (Å²) in [6.45, 7) is 0. The van der Waals surface area contributed by atoms with Crippen molar-refractivity contribution in [1.82, 2.24) is 0 Å². The highest BCUT2D eigenvalue weighted by Gasteiger charge is 2.29. The molecule has 1 aliphatic rings. The van der Waals surface area contributed by atoms with Gasteiger partial charge in [-0.1, -0.05) is 30.4 Å². The summed E-state index contributed by atoms with van der Waals surface area (Å²) in [7, 11) is 0. The summed E-state index contributed by atoms with van der Waals surface area (Å²) in [5, 5.41) is 9.51. The van der Waals surface area contributed by atoms with Crippen LogP contribution in [-0.4, -0.2) is 23.3 Å². The number of carboxylic acid groups (broad SMARTS) is 1. The van der Waals surface area contributed by atoms with Gasteiger partial charge in [-0.15, -0.1) is 0 Å². The number of carbonyl (C=O) groups is 1. The number of nitrogens with zero attached hydrogens (tertiary/aromatic N) is 1. The molecule has 0 aliphatic heterocycles. The lowest BCUT2D eigenvalue weighted by molar-refractivity contribution is 0.196. The zero-order chi connectivity index (χ0) is 13.7. The maximum Gasteiger partial charge on any atom is 0.412 e. The van der Waals surface area contributed by atoms with Gasteiger partial charge in [-0.05, 0) is 37.8 Å². The van der Waals surface area contributed by atoms with E-state index in [-0.39, 0.29) is 12.1 Å². The zero-order valence-corrected chi connectivity index (χ0v) is 10.9. The van der Waals surface area contributed by atoms with Gasteiger partial charge in [0.05, 0.1) is 6.04 Å². The highest BCUT2D eigenvalue weighted by atomic mass is 16.4. The molecule has 102 valence electrons. The molecule has 0 aromatic heterocycles. The van der Waals surface area contributed by atoms with E-state index in [4.69, 9.17) is 5.73 Å². The maximum absolute atomic E-state index is 11.6. The summed E-state index contributed by atoms with van der Waals surface area (Å²) in [6, 6.07) is 8.92. The minimum atomic E-state index is -0.934. The van der Waals surface area contributed by atoms with Crippen LogP contribution in [0.1, 0.15) is 25.7 Å². The average Bonchev–Trinajstić information content (AvgIpc) is 2.39. The summed E-state index contributed by atoms with van der Waals surface area (Å²) >= 11 is 0. The average molecular weight is 260 g/mol. The Morgan fingerprint density at radius 2 is 1.79 bits per heavy atom. The first-order chi connectivity index (χ1) is 9.20. The van der Waals surface area contributed by atoms with Crippen LogP contribution in [0.2, 0.25) is 0 Å². The van der Waals surface area contributed by atoms with E-state index in [1.54, 1.807) is 0 Å². The summed E-state index contributed by atoms with van der Waals surface area (Å²) in [5.74, 6) is 0. The van der Waals surface area contributed by atoms with Crippen molar-refractivity contribution in [2.45, 2.75) is 37.8 Å². The molecule has 19 heavy (non-hydrogen) atoms. The van der Waals surface area contributed by atoms with E-state index in [0.29, 0.717) is 5.69 Å². The van der Waals surface area contributed by atoms with Crippen LogP contribution in [0.15, 0.2) is 42.5 Å². The van der Waals surface area contributed by atoms with Gasteiger partial charge in [-0.3, -0.25) is 4.90 Å². The molecule has 2 atom stereocenters. The van der Waals surface area contributed by atoms with Crippen LogP contribution >= 0.6 is 0 Å². The van der Waals surface area contributed by atoms with Crippen molar-refractivity contribution in [3.05, 3.63) is 42.5 Å². The zero-order valence-electron chi connectivity index (χ0n) is 10.9. The highest BCUT2D eigenvalue weighted by molar-refractivity contribution is 5.86. The second kappa shape index (κ2) is 6.38. The van der Waals surface area contributed by atoms with Crippen molar-refractivity contribution in [1.29, 1.82) is 0 Å². The second-order valence-corrected chi connectivity index (χ2v) is 4.85. The predicted octanol–water partition coefficient (Wildman–Crippen LogP) is 3.00. The summed E-state index contributed by atoms with van der Waals surface area (Å²) in [5.41, 5.74) is 6.88. The van der Waals surface area contributed by atoms with Gasteiger partial charge in [0, 0.05) is 11.7 Å². The Labute approximate surface area is 113 Å². The number of amides is 1.